The molecule has 0 spiro atoms. The molecule has 0 amide bonds. The molecule has 0 aliphatic heterocycles. The van der Waals surface area contributed by atoms with Gasteiger partial charge in [-0.25, -0.2) is 4.79 Å². The number of carbonyl (C=O) groups is 1. The van der Waals surface area contributed by atoms with Crippen LogP contribution in [-0.2, 0) is 4.74 Å². The van der Waals surface area contributed by atoms with Crippen molar-refractivity contribution in [1.29, 1.82) is 0 Å². The topological polar surface area (TPSA) is 104 Å². The summed E-state index contributed by atoms with van der Waals surface area (Å²) < 4.78 is 20.2. The molecule has 0 fully saturated rings. The Morgan fingerprint density at radius 2 is 2.25 bits per heavy atom. The molecule has 102 valence electrons. The van der Waals surface area contributed by atoms with Crippen LogP contribution in [0.5, 0.6) is 0 Å². The van der Waals surface area contributed by atoms with Gasteiger partial charge >= 0.3 is 11.9 Å². The van der Waals surface area contributed by atoms with Gasteiger partial charge in [0.15, 0.2) is 11.5 Å². The molecule has 8 nitrogen and oxygen atoms in total. The van der Waals surface area contributed by atoms with Crippen LogP contribution in [0.3, 0.4) is 0 Å². The standard InChI is InChI=1S/C12H9N3O5/c1-2-17-12(16)11-14-13-10(19-11)7-6-9(20-15-7)8-4-3-5-18-8/h3-6H,2H2,1H3. The first-order chi connectivity index (χ1) is 9.78. The summed E-state index contributed by atoms with van der Waals surface area (Å²) in [5.74, 6) is 0.0924. The molecule has 0 aliphatic rings. The second-order valence-electron chi connectivity index (χ2n) is 3.69. The van der Waals surface area contributed by atoms with Gasteiger partial charge in [-0.3, -0.25) is 0 Å². The Hall–Kier alpha value is -2.90. The molecule has 0 unspecified atom stereocenters. The molecule has 0 aliphatic carbocycles. The first-order valence-electron chi connectivity index (χ1n) is 5.79. The Balaban J connectivity index is 1.85. The highest BCUT2D eigenvalue weighted by molar-refractivity contribution is 5.84. The molecule has 3 aromatic heterocycles. The van der Waals surface area contributed by atoms with Crippen LogP contribution in [0.4, 0.5) is 0 Å². The number of rotatable bonds is 4. The molecule has 0 saturated carbocycles. The number of nitrogens with zero attached hydrogens (tertiary/aromatic N) is 3. The number of ether oxygens (including phenoxy) is 1. The number of esters is 1. The third-order valence-corrected chi connectivity index (χ3v) is 2.37. The zero-order valence-electron chi connectivity index (χ0n) is 10.4. The fourth-order valence-electron chi connectivity index (χ4n) is 1.51. The van der Waals surface area contributed by atoms with E-state index in [0.29, 0.717) is 17.2 Å². The van der Waals surface area contributed by atoms with E-state index in [0.717, 1.165) is 0 Å². The van der Waals surface area contributed by atoms with Gasteiger partial charge in [0.1, 0.15) is 0 Å². The molecule has 0 bridgehead atoms. The van der Waals surface area contributed by atoms with E-state index in [-0.39, 0.29) is 18.4 Å². The first kappa shape index (κ1) is 12.2. The summed E-state index contributed by atoms with van der Waals surface area (Å²) in [6.07, 6.45) is 1.52. The van der Waals surface area contributed by atoms with Crippen LogP contribution in [0, 0.1) is 0 Å². The number of aromatic nitrogens is 3. The van der Waals surface area contributed by atoms with E-state index in [1.807, 2.05) is 0 Å². The first-order valence-corrected chi connectivity index (χ1v) is 5.79. The number of furan rings is 1. The Labute approximate surface area is 112 Å². The lowest BCUT2D eigenvalue weighted by Gasteiger charge is -1.93. The van der Waals surface area contributed by atoms with Crippen LogP contribution >= 0.6 is 0 Å². The van der Waals surface area contributed by atoms with Crippen LogP contribution < -0.4 is 0 Å². The van der Waals surface area contributed by atoms with Crippen LogP contribution in [0.1, 0.15) is 17.6 Å². The van der Waals surface area contributed by atoms with Gasteiger partial charge in [0.2, 0.25) is 5.76 Å². The number of hydrogen-bond donors (Lipinski definition) is 0. The van der Waals surface area contributed by atoms with Crippen molar-refractivity contribution >= 4 is 5.97 Å². The summed E-state index contributed by atoms with van der Waals surface area (Å²) in [6, 6.07) is 5.02. The van der Waals surface area contributed by atoms with Crippen LogP contribution in [0.15, 0.2) is 37.8 Å². The van der Waals surface area contributed by atoms with Crippen molar-refractivity contribution in [2.24, 2.45) is 0 Å². The summed E-state index contributed by atoms with van der Waals surface area (Å²) in [5, 5.41) is 11.1. The molecule has 0 saturated heterocycles. The molecule has 0 N–H and O–H groups in total. The lowest BCUT2D eigenvalue weighted by molar-refractivity contribution is 0.0481. The van der Waals surface area contributed by atoms with Gasteiger partial charge in [0.25, 0.3) is 5.89 Å². The molecular weight excluding hydrogens is 266 g/mol. The normalized spacial score (nSPS) is 10.7. The minimum Gasteiger partial charge on any atom is -0.461 e. The zero-order valence-corrected chi connectivity index (χ0v) is 10.4. The molecule has 0 aromatic carbocycles. The Morgan fingerprint density at radius 3 is 3.00 bits per heavy atom. The molecule has 0 atom stereocenters. The maximum absolute atomic E-state index is 11.4. The van der Waals surface area contributed by atoms with Crippen molar-refractivity contribution in [2.75, 3.05) is 6.61 Å². The van der Waals surface area contributed by atoms with E-state index in [2.05, 4.69) is 15.4 Å². The summed E-state index contributed by atoms with van der Waals surface area (Å²) in [4.78, 5) is 11.4. The molecule has 3 rings (SSSR count). The van der Waals surface area contributed by atoms with Gasteiger partial charge in [-0.15, -0.1) is 10.2 Å². The third kappa shape index (κ3) is 2.18. The highest BCUT2D eigenvalue weighted by Gasteiger charge is 2.20. The van der Waals surface area contributed by atoms with Crippen LogP contribution in [0.2, 0.25) is 0 Å². The molecule has 3 aromatic rings. The predicted molar refractivity (Wildman–Crippen MR) is 63.5 cm³/mol. The molecule has 3 heterocycles. The van der Waals surface area contributed by atoms with E-state index in [1.165, 1.54) is 6.26 Å². The van der Waals surface area contributed by atoms with E-state index in [1.54, 1.807) is 25.1 Å². The van der Waals surface area contributed by atoms with Gasteiger partial charge in [-0.05, 0) is 19.1 Å². The van der Waals surface area contributed by atoms with E-state index in [9.17, 15) is 4.79 Å². The lowest BCUT2D eigenvalue weighted by atomic mass is 10.3. The summed E-state index contributed by atoms with van der Waals surface area (Å²) >= 11 is 0. The van der Waals surface area contributed by atoms with Crippen molar-refractivity contribution in [2.45, 2.75) is 6.92 Å². The largest absolute Gasteiger partial charge is 0.461 e. The molecule has 20 heavy (non-hydrogen) atoms. The van der Waals surface area contributed by atoms with Gasteiger partial charge in [0, 0.05) is 6.07 Å². The summed E-state index contributed by atoms with van der Waals surface area (Å²) in [5.41, 5.74) is 0.305. The predicted octanol–water partition coefficient (Wildman–Crippen LogP) is 2.16. The monoisotopic (exact) mass is 275 g/mol. The van der Waals surface area contributed by atoms with E-state index in [4.69, 9.17) is 18.1 Å². The van der Waals surface area contributed by atoms with Crippen LogP contribution in [0.25, 0.3) is 23.1 Å². The van der Waals surface area contributed by atoms with Crippen molar-refractivity contribution in [3.63, 3.8) is 0 Å². The smallest absolute Gasteiger partial charge is 0.396 e. The van der Waals surface area contributed by atoms with E-state index >= 15 is 0 Å². The fourth-order valence-corrected chi connectivity index (χ4v) is 1.51. The fraction of sp³-hybridized carbons (Fsp3) is 0.167. The molecule has 8 heteroatoms. The number of hydrogen-bond acceptors (Lipinski definition) is 8. The second kappa shape index (κ2) is 5.00. The quantitative estimate of drug-likeness (QED) is 0.667. The second-order valence-corrected chi connectivity index (χ2v) is 3.69. The Morgan fingerprint density at radius 1 is 1.35 bits per heavy atom. The van der Waals surface area contributed by atoms with Crippen molar-refractivity contribution < 1.29 is 22.9 Å². The highest BCUT2D eigenvalue weighted by Crippen LogP contribution is 2.25. The molecule has 0 radical (unpaired) electrons. The SMILES string of the molecule is CCOC(=O)c1nnc(-c2cc(-c3ccco3)on2)o1. The maximum Gasteiger partial charge on any atom is 0.396 e. The minimum atomic E-state index is -0.680. The summed E-state index contributed by atoms with van der Waals surface area (Å²) in [6.45, 7) is 1.91. The van der Waals surface area contributed by atoms with Gasteiger partial charge in [0.05, 0.1) is 12.9 Å². The van der Waals surface area contributed by atoms with Gasteiger partial charge < -0.3 is 18.1 Å². The van der Waals surface area contributed by atoms with Crippen LogP contribution in [-0.4, -0.2) is 27.9 Å². The van der Waals surface area contributed by atoms with Crippen molar-refractivity contribution in [3.05, 3.63) is 30.4 Å². The van der Waals surface area contributed by atoms with Gasteiger partial charge in [-0.2, -0.15) is 0 Å². The maximum atomic E-state index is 11.4. The Kier molecular flexibility index (Phi) is 3.04. The van der Waals surface area contributed by atoms with E-state index < -0.39 is 5.97 Å². The van der Waals surface area contributed by atoms with Crippen molar-refractivity contribution in [3.8, 4) is 23.1 Å². The van der Waals surface area contributed by atoms with Crippen molar-refractivity contribution in [1.82, 2.24) is 15.4 Å². The Bertz CT molecular complexity index is 713. The average Bonchev–Trinajstić information content (AvgIpc) is 3.19. The number of carbonyl (C=O) groups excluding carboxylic acids is 1. The minimum absolute atomic E-state index is 0.0645. The zero-order chi connectivity index (χ0) is 13.9. The molecular formula is C12H9N3O5. The average molecular weight is 275 g/mol. The highest BCUT2D eigenvalue weighted by atomic mass is 16.5. The third-order valence-electron chi connectivity index (χ3n) is 2.37. The van der Waals surface area contributed by atoms with Gasteiger partial charge in [-0.1, -0.05) is 5.16 Å². The summed E-state index contributed by atoms with van der Waals surface area (Å²) in [7, 11) is 0. The lowest BCUT2D eigenvalue weighted by Crippen LogP contribution is -2.04.